The van der Waals surface area contributed by atoms with E-state index < -0.39 is 0 Å². The van der Waals surface area contributed by atoms with Crippen LogP contribution in [0.3, 0.4) is 0 Å². The molecule has 59 heavy (non-hydrogen) atoms. The molecule has 2 unspecified atom stereocenters. The third-order valence-electron chi connectivity index (χ3n) is 9.10. The van der Waals surface area contributed by atoms with Gasteiger partial charge in [0.1, 0.15) is 36.9 Å². The van der Waals surface area contributed by atoms with Crippen molar-refractivity contribution in [1.29, 1.82) is 0 Å². The highest BCUT2D eigenvalue weighted by molar-refractivity contribution is 8.20. The van der Waals surface area contributed by atoms with E-state index in [4.69, 9.17) is 18.9 Å². The summed E-state index contributed by atoms with van der Waals surface area (Å²) in [5.41, 5.74) is 4.21. The van der Waals surface area contributed by atoms with Crippen LogP contribution in [-0.2, 0) is 25.5 Å². The van der Waals surface area contributed by atoms with Crippen LogP contribution in [0.15, 0.2) is 121 Å². The van der Waals surface area contributed by atoms with Crippen LogP contribution in [0.25, 0.3) is 12.2 Å². The summed E-state index contributed by atoms with van der Waals surface area (Å²) in [6.07, 6.45) is 8.86. The maximum atomic E-state index is 12.8. The van der Waals surface area contributed by atoms with Crippen LogP contribution in [0.2, 0.25) is 0 Å². The van der Waals surface area contributed by atoms with E-state index >= 15 is 0 Å². The number of ether oxygens (including phenoxy) is 4. The summed E-state index contributed by atoms with van der Waals surface area (Å²) in [5, 5.41) is 0. The van der Waals surface area contributed by atoms with Gasteiger partial charge < -0.3 is 18.9 Å². The smallest absolute Gasteiger partial charge is 0.331 e. The van der Waals surface area contributed by atoms with Crippen LogP contribution in [0.1, 0.15) is 35.1 Å². The van der Waals surface area contributed by atoms with E-state index in [1.165, 1.54) is 35.2 Å². The van der Waals surface area contributed by atoms with Crippen LogP contribution in [0.4, 0.5) is 0 Å². The fourth-order valence-electron chi connectivity index (χ4n) is 6.05. The molecular formula is C47H52O6S6. The number of benzene rings is 4. The van der Waals surface area contributed by atoms with Crippen molar-refractivity contribution in [3.8, 4) is 11.5 Å². The van der Waals surface area contributed by atoms with Crippen LogP contribution in [-0.4, -0.2) is 92.5 Å². The molecule has 2 aliphatic rings. The molecule has 0 aliphatic carbocycles. The highest BCUT2D eigenvalue weighted by Crippen LogP contribution is 2.36. The second-order valence-electron chi connectivity index (χ2n) is 13.8. The van der Waals surface area contributed by atoms with Gasteiger partial charge in [-0.05, 0) is 89.4 Å². The Morgan fingerprint density at radius 1 is 0.559 bits per heavy atom. The third kappa shape index (κ3) is 17.9. The minimum Gasteiger partial charge on any atom is -0.490 e. The zero-order valence-electron chi connectivity index (χ0n) is 33.1. The average molecular weight is 905 g/mol. The number of carbonyl (C=O) groups is 2. The molecule has 2 saturated heterocycles. The highest BCUT2D eigenvalue weighted by atomic mass is 32.2. The van der Waals surface area contributed by atoms with Crippen LogP contribution in [0, 0.1) is 0 Å². The molecule has 2 atom stereocenters. The van der Waals surface area contributed by atoms with E-state index in [1.807, 2.05) is 156 Å². The van der Waals surface area contributed by atoms with E-state index in [1.54, 1.807) is 12.2 Å². The number of esters is 2. The summed E-state index contributed by atoms with van der Waals surface area (Å²) in [6.45, 7) is 0.571. The first-order valence-corrected chi connectivity index (χ1v) is 26.5. The van der Waals surface area contributed by atoms with Crippen molar-refractivity contribution in [3.05, 3.63) is 144 Å². The minimum absolute atomic E-state index is 0.285. The quantitative estimate of drug-likeness (QED) is 0.0382. The van der Waals surface area contributed by atoms with Gasteiger partial charge in [-0.25, -0.2) is 9.59 Å². The highest BCUT2D eigenvalue weighted by Gasteiger charge is 2.20. The monoisotopic (exact) mass is 904 g/mol. The number of hydrogen-bond acceptors (Lipinski definition) is 12. The molecule has 4 aromatic carbocycles. The van der Waals surface area contributed by atoms with Gasteiger partial charge in [0.25, 0.3) is 0 Å². The normalized spacial score (nSPS) is 15.7. The predicted molar refractivity (Wildman–Crippen MR) is 259 cm³/mol. The first-order valence-electron chi connectivity index (χ1n) is 20.0. The summed E-state index contributed by atoms with van der Waals surface area (Å²) >= 11 is 11.8. The number of hydrogen-bond donors (Lipinski definition) is 0. The Morgan fingerprint density at radius 3 is 1.34 bits per heavy atom. The molecule has 0 aromatic heterocycles. The molecule has 4 aromatic rings. The lowest BCUT2D eigenvalue weighted by atomic mass is 10.0. The van der Waals surface area contributed by atoms with Crippen molar-refractivity contribution in [3.63, 3.8) is 0 Å². The first kappa shape index (κ1) is 45.5. The molecule has 0 saturated carbocycles. The van der Waals surface area contributed by atoms with Gasteiger partial charge in [0.2, 0.25) is 0 Å². The van der Waals surface area contributed by atoms with Crippen LogP contribution in [0.5, 0.6) is 11.5 Å². The molecule has 0 radical (unpaired) electrons. The zero-order valence-corrected chi connectivity index (χ0v) is 38.0. The minimum atomic E-state index is -0.366. The second kappa shape index (κ2) is 26.4. The van der Waals surface area contributed by atoms with Crippen molar-refractivity contribution >= 4 is 94.7 Å². The maximum Gasteiger partial charge on any atom is 0.331 e. The lowest BCUT2D eigenvalue weighted by molar-refractivity contribution is -0.144. The van der Waals surface area contributed by atoms with Gasteiger partial charge in [-0.2, -0.15) is 23.5 Å². The predicted octanol–water partition coefficient (Wildman–Crippen LogP) is 11.1. The molecule has 6 nitrogen and oxygen atoms in total. The molecule has 312 valence electrons. The first-order chi connectivity index (χ1) is 29.0. The van der Waals surface area contributed by atoms with Gasteiger partial charge in [-0.3, -0.25) is 0 Å². The molecule has 0 bridgehead atoms. The van der Waals surface area contributed by atoms with Gasteiger partial charge in [0.15, 0.2) is 0 Å². The van der Waals surface area contributed by atoms with Crippen molar-refractivity contribution < 1.29 is 28.5 Å². The molecule has 2 fully saturated rings. The number of carbonyl (C=O) groups excluding carboxylic acids is 2. The number of thioether (sulfide) groups is 6. The molecule has 0 spiro atoms. The van der Waals surface area contributed by atoms with Crippen molar-refractivity contribution in [2.45, 2.75) is 40.6 Å². The van der Waals surface area contributed by atoms with Crippen LogP contribution >= 0.6 is 70.6 Å². The Kier molecular flexibility index (Phi) is 20.3. The van der Waals surface area contributed by atoms with Crippen molar-refractivity contribution in [2.24, 2.45) is 0 Å². The Hall–Kier alpha value is -3.00. The van der Waals surface area contributed by atoms with Gasteiger partial charge in [-0.15, -0.1) is 47.0 Å². The molecular weight excluding hydrogens is 853 g/mol. The SMILES string of the molecule is O=C(/C=C/c1ccccc1)OC(COc1ccc(Cc2ccc(OCC(CSCCC3SCCS3)OC(=O)/C=C/c3ccccc3)cc2)cc1)CSCCC1SCCS1. The molecule has 0 amide bonds. The van der Waals surface area contributed by atoms with Crippen molar-refractivity contribution in [2.75, 3.05) is 59.2 Å². The second-order valence-corrected chi connectivity index (χ2v) is 21.9. The van der Waals surface area contributed by atoms with Gasteiger partial charge in [0, 0.05) is 46.7 Å². The Balaban J connectivity index is 0.960. The van der Waals surface area contributed by atoms with Crippen molar-refractivity contribution in [1.82, 2.24) is 0 Å². The third-order valence-corrected chi connectivity index (χ3v) is 17.7. The lowest BCUT2D eigenvalue weighted by Crippen LogP contribution is -2.27. The van der Waals surface area contributed by atoms with E-state index in [-0.39, 0.29) is 37.4 Å². The summed E-state index contributed by atoms with van der Waals surface area (Å²) in [4.78, 5) is 25.5. The largest absolute Gasteiger partial charge is 0.490 e. The van der Waals surface area contributed by atoms with E-state index in [9.17, 15) is 9.59 Å². The lowest BCUT2D eigenvalue weighted by Gasteiger charge is -2.18. The zero-order chi connectivity index (χ0) is 40.7. The maximum absolute atomic E-state index is 12.8. The molecule has 12 heteroatoms. The van der Waals surface area contributed by atoms with Gasteiger partial charge >= 0.3 is 11.9 Å². The summed E-state index contributed by atoms with van der Waals surface area (Å²) in [5.74, 6) is 9.10. The average Bonchev–Trinajstić information content (AvgIpc) is 4.00. The Bertz CT molecular complexity index is 1730. The van der Waals surface area contributed by atoms with Crippen LogP contribution < -0.4 is 9.47 Å². The molecule has 0 N–H and O–H groups in total. The summed E-state index contributed by atoms with van der Waals surface area (Å²) in [7, 11) is 0. The Labute approximate surface area is 375 Å². The van der Waals surface area contributed by atoms with Gasteiger partial charge in [0.05, 0.1) is 9.16 Å². The fourth-order valence-corrected chi connectivity index (χ4v) is 14.3. The standard InChI is InChI=1S/C47H52O6S6/c48-44(21-15-36-7-3-1-4-8-36)52-42(34-54-25-23-46-56-27-28-57-46)32-50-40-17-11-38(12-18-40)31-39-13-19-41(20-14-39)51-33-43(35-55-26-24-47-58-29-30-59-47)53-45(49)22-16-37-9-5-2-6-10-37/h1-22,42-43,46-47H,23-35H2/b21-15+,22-16+. The molecule has 6 rings (SSSR count). The molecule has 2 aliphatic heterocycles. The van der Waals surface area contributed by atoms with E-state index in [0.29, 0.717) is 20.7 Å². The fraction of sp³-hybridized carbons (Fsp3) is 0.362. The number of rotatable bonds is 24. The van der Waals surface area contributed by atoms with E-state index in [2.05, 4.69) is 24.3 Å². The topological polar surface area (TPSA) is 71.1 Å². The molecule has 2 heterocycles. The Morgan fingerprint density at radius 2 is 0.949 bits per heavy atom. The van der Waals surface area contributed by atoms with Gasteiger partial charge in [-0.1, -0.05) is 84.9 Å². The summed E-state index contributed by atoms with van der Waals surface area (Å²) in [6, 6.07) is 35.7. The summed E-state index contributed by atoms with van der Waals surface area (Å²) < 4.78 is 25.4. The van der Waals surface area contributed by atoms with E-state index in [0.717, 1.165) is 64.5 Å².